The number of carbonyl (C=O) groups is 3. The molecule has 4 N–H and O–H groups in total. The van der Waals surface area contributed by atoms with Crippen LogP contribution in [0.5, 0.6) is 0 Å². The van der Waals surface area contributed by atoms with Crippen LogP contribution < -0.4 is 16.0 Å². The number of carbonyl (C=O) groups excluding carboxylic acids is 2. The molecule has 4 rings (SSSR count). The molecule has 3 aliphatic heterocycles. The second-order valence-electron chi connectivity index (χ2n) is 11.0. The molecule has 1 aromatic rings. The monoisotopic (exact) mass is 508 g/mol. The number of para-hydroxylation sites is 1. The summed E-state index contributed by atoms with van der Waals surface area (Å²) in [7, 11) is 0. The molecule has 0 saturated carbocycles. The first-order valence-corrected chi connectivity index (χ1v) is 13.4. The number of carboxylic acid groups (broad SMARTS) is 1. The summed E-state index contributed by atoms with van der Waals surface area (Å²) in [5, 5.41) is 18.9. The zero-order chi connectivity index (χ0) is 26.7. The van der Waals surface area contributed by atoms with E-state index in [1.165, 1.54) is 18.1 Å². The number of likely N-dealkylation sites (tertiary alicyclic amines) is 1. The number of aliphatic carboxylic acids is 1. The first-order valence-electron chi connectivity index (χ1n) is 13.4. The molecule has 0 bridgehead atoms. The quantitative estimate of drug-likeness (QED) is 0.379. The number of hydrogen-bond donors (Lipinski definition) is 4. The SMILES string of the molecule is CC(C)=CCC/C(C)=C/C[C@]12C[C@@H](C(=O)N[C@@H](C)C(=O)O)N(C(=O)[C@@H]3CCCN3)[C@H]1Nc1ccccc12. The minimum absolute atomic E-state index is 0.0999. The van der Waals surface area contributed by atoms with Crippen molar-refractivity contribution in [2.75, 3.05) is 11.9 Å². The number of fused-ring (bicyclic) bond motifs is 3. The standard InChI is InChI=1S/C29H40N4O4/c1-18(2)9-7-10-19(3)14-15-29-17-24(25(34)31-20(4)27(36)37)33(26(35)23-13-8-16-30-23)28(29)32-22-12-6-5-11-21(22)29/h5-6,9,11-12,14,20,23-24,28,30,32H,7-8,10,13,15-17H2,1-4H3,(H,31,34)(H,36,37)/b19-14+/t20-,23-,24-,28+,29+/m0/s1. The van der Waals surface area contributed by atoms with Gasteiger partial charge in [0.25, 0.3) is 0 Å². The van der Waals surface area contributed by atoms with Crippen LogP contribution in [0.3, 0.4) is 0 Å². The van der Waals surface area contributed by atoms with Crippen LogP contribution in [0.15, 0.2) is 47.6 Å². The van der Waals surface area contributed by atoms with E-state index in [1.807, 2.05) is 18.2 Å². The summed E-state index contributed by atoms with van der Waals surface area (Å²) >= 11 is 0. The first kappa shape index (κ1) is 26.9. The number of carboxylic acids is 1. The molecule has 0 radical (unpaired) electrons. The molecule has 37 heavy (non-hydrogen) atoms. The Morgan fingerprint density at radius 3 is 2.65 bits per heavy atom. The van der Waals surface area contributed by atoms with Crippen LogP contribution in [0.1, 0.15) is 71.8 Å². The molecule has 5 atom stereocenters. The van der Waals surface area contributed by atoms with Gasteiger partial charge in [-0.25, -0.2) is 0 Å². The fourth-order valence-corrected chi connectivity index (χ4v) is 5.95. The lowest BCUT2D eigenvalue weighted by atomic mass is 9.74. The predicted octanol–water partition coefficient (Wildman–Crippen LogP) is 3.70. The summed E-state index contributed by atoms with van der Waals surface area (Å²) in [6, 6.07) is 5.95. The summed E-state index contributed by atoms with van der Waals surface area (Å²) in [6.07, 6.45) is 8.78. The van der Waals surface area contributed by atoms with Gasteiger partial charge in [0.05, 0.1) is 6.04 Å². The largest absolute Gasteiger partial charge is 0.480 e. The highest BCUT2D eigenvalue weighted by molar-refractivity contribution is 5.94. The fourth-order valence-electron chi connectivity index (χ4n) is 5.95. The molecule has 2 fully saturated rings. The second kappa shape index (κ2) is 11.1. The van der Waals surface area contributed by atoms with Crippen molar-refractivity contribution >= 4 is 23.5 Å². The lowest BCUT2D eigenvalue weighted by molar-refractivity contribution is -0.144. The van der Waals surface area contributed by atoms with Gasteiger partial charge < -0.3 is 26.0 Å². The van der Waals surface area contributed by atoms with Gasteiger partial charge in [0.1, 0.15) is 18.2 Å². The zero-order valence-corrected chi connectivity index (χ0v) is 22.3. The van der Waals surface area contributed by atoms with Crippen LogP contribution in [-0.4, -0.2) is 58.6 Å². The highest BCUT2D eigenvalue weighted by Gasteiger charge is 2.60. The van der Waals surface area contributed by atoms with E-state index in [1.54, 1.807) is 4.90 Å². The van der Waals surface area contributed by atoms with Gasteiger partial charge in [-0.05, 0) is 84.4 Å². The lowest BCUT2D eigenvalue weighted by Gasteiger charge is -2.34. The van der Waals surface area contributed by atoms with E-state index in [9.17, 15) is 19.5 Å². The third-order valence-electron chi connectivity index (χ3n) is 8.00. The second-order valence-corrected chi connectivity index (χ2v) is 11.0. The molecule has 8 heteroatoms. The molecule has 0 spiro atoms. The molecular formula is C29H40N4O4. The topological polar surface area (TPSA) is 111 Å². The molecule has 8 nitrogen and oxygen atoms in total. The summed E-state index contributed by atoms with van der Waals surface area (Å²) in [4.78, 5) is 40.5. The number of nitrogens with zero attached hydrogens (tertiary/aromatic N) is 1. The van der Waals surface area contributed by atoms with Crippen LogP contribution in [0, 0.1) is 0 Å². The number of amides is 2. The molecular weight excluding hydrogens is 468 g/mol. The molecule has 3 heterocycles. The van der Waals surface area contributed by atoms with Crippen LogP contribution in [0.4, 0.5) is 5.69 Å². The Morgan fingerprint density at radius 1 is 1.22 bits per heavy atom. The minimum Gasteiger partial charge on any atom is -0.480 e. The van der Waals surface area contributed by atoms with Gasteiger partial charge in [0, 0.05) is 11.1 Å². The van der Waals surface area contributed by atoms with E-state index in [-0.39, 0.29) is 11.9 Å². The molecule has 2 amide bonds. The van der Waals surface area contributed by atoms with Gasteiger partial charge in [0.2, 0.25) is 11.8 Å². The maximum Gasteiger partial charge on any atom is 0.325 e. The van der Waals surface area contributed by atoms with Gasteiger partial charge in [-0.2, -0.15) is 0 Å². The molecule has 0 aliphatic carbocycles. The third-order valence-corrected chi connectivity index (χ3v) is 8.00. The fraction of sp³-hybridized carbons (Fsp3) is 0.552. The number of benzene rings is 1. The number of rotatable bonds is 9. The van der Waals surface area contributed by atoms with Crippen molar-refractivity contribution in [3.63, 3.8) is 0 Å². The normalized spacial score (nSPS) is 27.2. The smallest absolute Gasteiger partial charge is 0.325 e. The average Bonchev–Trinajstić information content (AvgIpc) is 3.56. The Morgan fingerprint density at radius 2 is 1.97 bits per heavy atom. The van der Waals surface area contributed by atoms with Crippen molar-refractivity contribution in [1.82, 2.24) is 15.5 Å². The van der Waals surface area contributed by atoms with Gasteiger partial charge in [-0.1, -0.05) is 41.5 Å². The minimum atomic E-state index is -1.10. The van der Waals surface area contributed by atoms with Crippen LogP contribution >= 0.6 is 0 Å². The van der Waals surface area contributed by atoms with Crippen molar-refractivity contribution in [2.24, 2.45) is 0 Å². The molecule has 200 valence electrons. The van der Waals surface area contributed by atoms with Crippen molar-refractivity contribution in [3.8, 4) is 0 Å². The van der Waals surface area contributed by atoms with E-state index < -0.39 is 35.5 Å². The van der Waals surface area contributed by atoms with Gasteiger partial charge in [0.15, 0.2) is 0 Å². The number of allylic oxidation sites excluding steroid dienone is 4. The molecule has 2 saturated heterocycles. The maximum absolute atomic E-state index is 13.9. The first-order chi connectivity index (χ1) is 17.6. The summed E-state index contributed by atoms with van der Waals surface area (Å²) in [5.74, 6) is -1.62. The van der Waals surface area contributed by atoms with Crippen molar-refractivity contribution in [1.29, 1.82) is 0 Å². The predicted molar refractivity (Wildman–Crippen MR) is 144 cm³/mol. The van der Waals surface area contributed by atoms with Crippen molar-refractivity contribution < 1.29 is 19.5 Å². The highest BCUT2D eigenvalue weighted by Crippen LogP contribution is 2.53. The maximum atomic E-state index is 13.9. The van der Waals surface area contributed by atoms with Crippen LogP contribution in [-0.2, 0) is 19.8 Å². The average molecular weight is 509 g/mol. The van der Waals surface area contributed by atoms with E-state index in [4.69, 9.17) is 0 Å². The number of hydrogen-bond acceptors (Lipinski definition) is 5. The molecule has 0 unspecified atom stereocenters. The molecule has 3 aliphatic rings. The lowest BCUT2D eigenvalue weighted by Crippen LogP contribution is -2.57. The van der Waals surface area contributed by atoms with E-state index in [2.05, 4.69) is 54.9 Å². The van der Waals surface area contributed by atoms with Gasteiger partial charge >= 0.3 is 5.97 Å². The van der Waals surface area contributed by atoms with Crippen molar-refractivity contribution in [2.45, 2.75) is 95.9 Å². The third kappa shape index (κ3) is 5.44. The van der Waals surface area contributed by atoms with Gasteiger partial charge in [-0.15, -0.1) is 0 Å². The Balaban J connectivity index is 1.70. The summed E-state index contributed by atoms with van der Waals surface area (Å²) in [6.45, 7) is 8.56. The van der Waals surface area contributed by atoms with Crippen LogP contribution in [0.2, 0.25) is 0 Å². The molecule has 0 aromatic heterocycles. The van der Waals surface area contributed by atoms with E-state index in [0.717, 1.165) is 43.5 Å². The van der Waals surface area contributed by atoms with Crippen LogP contribution in [0.25, 0.3) is 0 Å². The Kier molecular flexibility index (Phi) is 8.07. The van der Waals surface area contributed by atoms with Crippen molar-refractivity contribution in [3.05, 3.63) is 53.1 Å². The van der Waals surface area contributed by atoms with Gasteiger partial charge in [-0.3, -0.25) is 14.4 Å². The highest BCUT2D eigenvalue weighted by atomic mass is 16.4. The number of anilines is 1. The zero-order valence-electron chi connectivity index (χ0n) is 22.3. The molecule has 1 aromatic carbocycles. The Hall–Kier alpha value is -3.13. The van der Waals surface area contributed by atoms with E-state index in [0.29, 0.717) is 12.8 Å². The summed E-state index contributed by atoms with van der Waals surface area (Å²) in [5.41, 5.74) is 4.18. The Labute approximate surface area is 219 Å². The summed E-state index contributed by atoms with van der Waals surface area (Å²) < 4.78 is 0. The number of nitrogens with one attached hydrogen (secondary N) is 3. The Bertz CT molecular complexity index is 1100. The van der Waals surface area contributed by atoms with E-state index >= 15 is 0 Å².